The fourth-order valence-electron chi connectivity index (χ4n) is 2.82. The van der Waals surface area contributed by atoms with Crippen molar-refractivity contribution < 1.29 is 9.84 Å². The van der Waals surface area contributed by atoms with Gasteiger partial charge in [-0.25, -0.2) is 8.42 Å². The topological polar surface area (TPSA) is 49.4 Å². The van der Waals surface area contributed by atoms with Gasteiger partial charge in [-0.1, -0.05) is 13.8 Å². The van der Waals surface area contributed by atoms with E-state index in [1.807, 2.05) is 20.9 Å². The van der Waals surface area contributed by atoms with Crippen LogP contribution < -0.4 is 5.32 Å². The fourth-order valence-corrected chi connectivity index (χ4v) is 4.05. The van der Waals surface area contributed by atoms with E-state index in [-0.39, 0.29) is 1.43 Å². The molecule has 1 N–H and O–H groups in total. The van der Waals surface area contributed by atoms with Crippen LogP contribution in [0.15, 0.2) is 0 Å². The van der Waals surface area contributed by atoms with E-state index < -0.39 is 9.84 Å². The predicted octanol–water partition coefficient (Wildman–Crippen LogP) is 1.52. The van der Waals surface area contributed by atoms with E-state index in [9.17, 15) is 8.42 Å². The lowest BCUT2D eigenvalue weighted by atomic mass is 9.90. The first-order chi connectivity index (χ1) is 8.61. The van der Waals surface area contributed by atoms with Crippen molar-refractivity contribution in [2.24, 2.45) is 0 Å². The van der Waals surface area contributed by atoms with Crippen molar-refractivity contribution in [3.63, 3.8) is 0 Å². The van der Waals surface area contributed by atoms with Gasteiger partial charge in [0, 0.05) is 26.6 Å². The molecule has 2 fully saturated rings. The van der Waals surface area contributed by atoms with Crippen LogP contribution in [0.25, 0.3) is 0 Å². The Morgan fingerprint density at radius 3 is 2.00 bits per heavy atom. The van der Waals surface area contributed by atoms with Crippen LogP contribution in [0.2, 0.25) is 0 Å². The molecule has 1 aliphatic carbocycles. The average molecular weight is 278 g/mol. The van der Waals surface area contributed by atoms with Crippen LogP contribution in [-0.4, -0.2) is 57.0 Å². The highest BCUT2D eigenvalue weighted by Gasteiger charge is 2.29. The summed E-state index contributed by atoms with van der Waals surface area (Å²) < 4.78 is 22.7. The van der Waals surface area contributed by atoms with Crippen LogP contribution in [0.1, 0.15) is 41.0 Å². The molecule has 0 atom stereocenters. The van der Waals surface area contributed by atoms with Crippen LogP contribution >= 0.6 is 0 Å². The van der Waals surface area contributed by atoms with Gasteiger partial charge < -0.3 is 5.32 Å². The Kier molecular flexibility index (Phi) is 6.60. The Balaban J connectivity index is 0.00000103. The molecule has 110 valence electrons. The molecule has 1 saturated heterocycles. The molecule has 0 aromatic rings. The van der Waals surface area contributed by atoms with E-state index >= 15 is 0 Å². The summed E-state index contributed by atoms with van der Waals surface area (Å²) in [5.41, 5.74) is 0. The van der Waals surface area contributed by atoms with Crippen molar-refractivity contribution in [2.75, 3.05) is 31.6 Å². The Labute approximate surface area is 114 Å². The molecule has 1 aliphatic heterocycles. The van der Waals surface area contributed by atoms with Gasteiger partial charge in [0.25, 0.3) is 0 Å². The zero-order chi connectivity index (χ0) is 13.6. The van der Waals surface area contributed by atoms with Gasteiger partial charge in [0.05, 0.1) is 11.5 Å². The van der Waals surface area contributed by atoms with Gasteiger partial charge in [-0.15, -0.1) is 0 Å². The molecular formula is C13H30N2O2S. The van der Waals surface area contributed by atoms with E-state index in [4.69, 9.17) is 0 Å². The average Bonchev–Trinajstić information content (AvgIpc) is 2.41. The van der Waals surface area contributed by atoms with Crippen molar-refractivity contribution in [2.45, 2.75) is 51.6 Å². The van der Waals surface area contributed by atoms with Gasteiger partial charge in [0.15, 0.2) is 9.84 Å². The number of hydrogen-bond acceptors (Lipinski definition) is 4. The van der Waals surface area contributed by atoms with Crippen molar-refractivity contribution >= 4 is 9.84 Å². The van der Waals surface area contributed by atoms with Gasteiger partial charge in [0.2, 0.25) is 0 Å². The summed E-state index contributed by atoms with van der Waals surface area (Å²) in [5.74, 6) is 0.720. The SMILES string of the molecule is CC.CNC1CCC(N2CCS(=O)(=O)CC2)CC1.[HH]. The summed E-state index contributed by atoms with van der Waals surface area (Å²) in [6.45, 7) is 5.49. The van der Waals surface area contributed by atoms with Crippen molar-refractivity contribution in [1.29, 1.82) is 0 Å². The fraction of sp³-hybridized carbons (Fsp3) is 1.00. The quantitative estimate of drug-likeness (QED) is 0.832. The Hall–Kier alpha value is -0.130. The van der Waals surface area contributed by atoms with Gasteiger partial charge >= 0.3 is 0 Å². The molecule has 0 amide bonds. The van der Waals surface area contributed by atoms with E-state index in [1.165, 1.54) is 25.7 Å². The van der Waals surface area contributed by atoms with Gasteiger partial charge in [-0.2, -0.15) is 0 Å². The number of nitrogens with one attached hydrogen (secondary N) is 1. The van der Waals surface area contributed by atoms with E-state index in [1.54, 1.807) is 0 Å². The van der Waals surface area contributed by atoms with Gasteiger partial charge in [-0.05, 0) is 32.7 Å². The standard InChI is InChI=1S/C11H22N2O2S.C2H6.H2/c1-12-10-2-4-11(5-3-10)13-6-8-16(14,15)9-7-13;1-2;/h10-12H,2-9H2,1H3;1-2H3;1H. The van der Waals surface area contributed by atoms with Crippen LogP contribution in [0.5, 0.6) is 0 Å². The van der Waals surface area contributed by atoms with Crippen LogP contribution in [0.3, 0.4) is 0 Å². The number of hydrogen-bond donors (Lipinski definition) is 1. The molecule has 18 heavy (non-hydrogen) atoms. The monoisotopic (exact) mass is 278 g/mol. The maximum absolute atomic E-state index is 11.3. The van der Waals surface area contributed by atoms with Crippen LogP contribution in [0.4, 0.5) is 0 Å². The second-order valence-corrected chi connectivity index (χ2v) is 7.29. The number of nitrogens with zero attached hydrogens (tertiary/aromatic N) is 1. The van der Waals surface area contributed by atoms with Gasteiger partial charge in [0.1, 0.15) is 0 Å². The molecule has 0 aromatic carbocycles. The molecule has 4 nitrogen and oxygen atoms in total. The normalized spacial score (nSPS) is 32.4. The van der Waals surface area contributed by atoms with Crippen LogP contribution in [0, 0.1) is 0 Å². The summed E-state index contributed by atoms with van der Waals surface area (Å²) in [7, 11) is -0.698. The molecule has 0 bridgehead atoms. The van der Waals surface area contributed by atoms with Gasteiger partial charge in [-0.3, -0.25) is 4.90 Å². The van der Waals surface area contributed by atoms with E-state index in [0.29, 0.717) is 23.6 Å². The smallest absolute Gasteiger partial charge is 0.152 e. The van der Waals surface area contributed by atoms with Crippen molar-refractivity contribution in [3.8, 4) is 0 Å². The minimum absolute atomic E-state index is 0. The summed E-state index contributed by atoms with van der Waals surface area (Å²) >= 11 is 0. The molecule has 2 rings (SSSR count). The van der Waals surface area contributed by atoms with E-state index in [2.05, 4.69) is 10.2 Å². The Bertz CT molecular complexity index is 314. The molecule has 5 heteroatoms. The molecule has 2 aliphatic rings. The lowest BCUT2D eigenvalue weighted by molar-refractivity contribution is 0.156. The highest BCUT2D eigenvalue weighted by Crippen LogP contribution is 2.24. The molecule has 1 saturated carbocycles. The summed E-state index contributed by atoms with van der Waals surface area (Å²) in [6, 6.07) is 1.30. The second kappa shape index (κ2) is 7.46. The lowest BCUT2D eigenvalue weighted by Gasteiger charge is -2.38. The van der Waals surface area contributed by atoms with Crippen molar-refractivity contribution in [1.82, 2.24) is 10.2 Å². The summed E-state index contributed by atoms with van der Waals surface area (Å²) in [6.07, 6.45) is 4.88. The Morgan fingerprint density at radius 1 is 1.06 bits per heavy atom. The van der Waals surface area contributed by atoms with Crippen LogP contribution in [-0.2, 0) is 9.84 Å². The maximum atomic E-state index is 11.3. The molecule has 0 unspecified atom stereocenters. The minimum Gasteiger partial charge on any atom is -0.317 e. The number of sulfone groups is 1. The highest BCUT2D eigenvalue weighted by molar-refractivity contribution is 7.91. The zero-order valence-corrected chi connectivity index (χ0v) is 12.8. The number of rotatable bonds is 2. The third-order valence-corrected chi connectivity index (χ3v) is 5.61. The lowest BCUT2D eigenvalue weighted by Crippen LogP contribution is -2.48. The minimum atomic E-state index is -2.72. The van der Waals surface area contributed by atoms with E-state index in [0.717, 1.165) is 13.1 Å². The molecular weight excluding hydrogens is 248 g/mol. The first-order valence-electron chi connectivity index (χ1n) is 7.22. The molecule has 0 aromatic heterocycles. The third kappa shape index (κ3) is 4.52. The highest BCUT2D eigenvalue weighted by atomic mass is 32.2. The zero-order valence-electron chi connectivity index (χ0n) is 12.0. The molecule has 0 radical (unpaired) electrons. The Morgan fingerprint density at radius 2 is 1.56 bits per heavy atom. The first kappa shape index (κ1) is 15.9. The summed E-state index contributed by atoms with van der Waals surface area (Å²) in [5, 5.41) is 3.33. The largest absolute Gasteiger partial charge is 0.317 e. The first-order valence-corrected chi connectivity index (χ1v) is 9.04. The summed E-state index contributed by atoms with van der Waals surface area (Å²) in [4.78, 5) is 2.38. The third-order valence-electron chi connectivity index (χ3n) is 4.00. The second-order valence-electron chi connectivity index (χ2n) is 4.98. The molecule has 0 spiro atoms. The van der Waals surface area contributed by atoms with Crippen molar-refractivity contribution in [3.05, 3.63) is 0 Å². The molecule has 1 heterocycles. The maximum Gasteiger partial charge on any atom is 0.152 e. The predicted molar refractivity (Wildman–Crippen MR) is 78.8 cm³/mol.